The molecular formula is C22H34N3O2+. The largest absolute Gasteiger partial charge is 0.369 e. The smallest absolute Gasteiger partial charge is 0.220 e. The standard InChI is InChI=1S/C22H33N3O2/c1-16-14-20(17(2)25(16)13-8-18-6-4-3-5-7-18)21(26)15-24-11-9-19(10-12-24)22(23)27/h6,14,19H,3-5,7-13,15H2,1-2H3,(H2,23,27)/p+1. The average molecular weight is 373 g/mol. The Kier molecular flexibility index (Phi) is 6.53. The van der Waals surface area contributed by atoms with Crippen molar-refractivity contribution in [1.82, 2.24) is 4.57 Å². The molecule has 27 heavy (non-hydrogen) atoms. The Bertz CT molecular complexity index is 724. The van der Waals surface area contributed by atoms with E-state index in [1.54, 1.807) is 5.57 Å². The summed E-state index contributed by atoms with van der Waals surface area (Å²) in [6.07, 6.45) is 10.2. The van der Waals surface area contributed by atoms with Crippen molar-refractivity contribution in [3.8, 4) is 0 Å². The van der Waals surface area contributed by atoms with Crippen LogP contribution in [-0.4, -0.2) is 35.9 Å². The van der Waals surface area contributed by atoms with Gasteiger partial charge in [0.1, 0.15) is 6.54 Å². The minimum atomic E-state index is -0.197. The predicted molar refractivity (Wildman–Crippen MR) is 107 cm³/mol. The Labute approximate surface area is 162 Å². The average Bonchev–Trinajstić information content (AvgIpc) is 2.95. The molecular weight excluding hydrogens is 338 g/mol. The summed E-state index contributed by atoms with van der Waals surface area (Å²) >= 11 is 0. The first-order valence-corrected chi connectivity index (χ1v) is 10.5. The number of amides is 1. The van der Waals surface area contributed by atoms with E-state index in [1.807, 2.05) is 0 Å². The van der Waals surface area contributed by atoms with Gasteiger partial charge in [-0.05, 0) is 52.0 Å². The van der Waals surface area contributed by atoms with Crippen LogP contribution in [0.15, 0.2) is 17.7 Å². The van der Waals surface area contributed by atoms with Crippen molar-refractivity contribution in [2.24, 2.45) is 11.7 Å². The first kappa shape index (κ1) is 19.9. The van der Waals surface area contributed by atoms with Gasteiger partial charge in [-0.2, -0.15) is 0 Å². The lowest BCUT2D eigenvalue weighted by molar-refractivity contribution is -0.897. The fourth-order valence-electron chi connectivity index (χ4n) is 4.62. The number of ketones is 1. The number of nitrogens with one attached hydrogen (secondary N) is 1. The molecule has 5 heteroatoms. The van der Waals surface area contributed by atoms with Crippen molar-refractivity contribution in [1.29, 1.82) is 0 Å². The third-order valence-corrected chi connectivity index (χ3v) is 6.42. The third kappa shape index (κ3) is 4.89. The summed E-state index contributed by atoms with van der Waals surface area (Å²) in [6, 6.07) is 2.06. The fraction of sp³-hybridized carbons (Fsp3) is 0.636. The monoisotopic (exact) mass is 372 g/mol. The van der Waals surface area contributed by atoms with Crippen LogP contribution in [0.1, 0.15) is 66.7 Å². The number of allylic oxidation sites excluding steroid dienone is 2. The molecule has 1 aromatic heterocycles. The summed E-state index contributed by atoms with van der Waals surface area (Å²) in [6.45, 7) is 7.36. The molecule has 0 radical (unpaired) electrons. The third-order valence-electron chi connectivity index (χ3n) is 6.42. The van der Waals surface area contributed by atoms with Gasteiger partial charge in [0.25, 0.3) is 0 Å². The van der Waals surface area contributed by atoms with Gasteiger partial charge in [0.15, 0.2) is 0 Å². The van der Waals surface area contributed by atoms with Crippen LogP contribution in [0.3, 0.4) is 0 Å². The number of rotatable bonds is 7. The zero-order valence-electron chi connectivity index (χ0n) is 16.9. The zero-order chi connectivity index (χ0) is 19.4. The maximum Gasteiger partial charge on any atom is 0.220 e. The van der Waals surface area contributed by atoms with Gasteiger partial charge in [-0.1, -0.05) is 11.6 Å². The van der Waals surface area contributed by atoms with E-state index in [0.717, 1.165) is 50.2 Å². The summed E-state index contributed by atoms with van der Waals surface area (Å²) in [7, 11) is 0. The normalized spacial score (nSPS) is 23.1. The molecule has 1 saturated heterocycles. The Morgan fingerprint density at radius 2 is 1.96 bits per heavy atom. The van der Waals surface area contributed by atoms with Gasteiger partial charge in [0.05, 0.1) is 13.1 Å². The van der Waals surface area contributed by atoms with Gasteiger partial charge in [-0.25, -0.2) is 0 Å². The lowest BCUT2D eigenvalue weighted by atomic mass is 9.96. The number of hydrogen-bond donors (Lipinski definition) is 2. The van der Waals surface area contributed by atoms with Crippen molar-refractivity contribution in [2.45, 2.75) is 65.3 Å². The SMILES string of the molecule is Cc1cc(C(=O)C[NH+]2CCC(C(N)=O)CC2)c(C)n1CCC1=CCCCC1. The van der Waals surface area contributed by atoms with Crippen LogP contribution in [0.5, 0.6) is 0 Å². The van der Waals surface area contributed by atoms with Gasteiger partial charge >= 0.3 is 0 Å². The summed E-state index contributed by atoms with van der Waals surface area (Å²) in [5.41, 5.74) is 10.1. The number of primary amides is 1. The van der Waals surface area contributed by atoms with E-state index in [4.69, 9.17) is 5.73 Å². The number of carbonyl (C=O) groups excluding carboxylic acids is 2. The lowest BCUT2D eigenvalue weighted by Gasteiger charge is -2.27. The van der Waals surface area contributed by atoms with Crippen LogP contribution in [0.4, 0.5) is 0 Å². The molecule has 0 aromatic carbocycles. The van der Waals surface area contributed by atoms with Crippen LogP contribution in [0.25, 0.3) is 0 Å². The highest BCUT2D eigenvalue weighted by Gasteiger charge is 2.28. The molecule has 3 rings (SSSR count). The number of piperidine rings is 1. The quantitative estimate of drug-likeness (QED) is 0.567. The Balaban J connectivity index is 1.59. The molecule has 2 heterocycles. The van der Waals surface area contributed by atoms with E-state index in [9.17, 15) is 9.59 Å². The predicted octanol–water partition coefficient (Wildman–Crippen LogP) is 1.96. The zero-order valence-corrected chi connectivity index (χ0v) is 16.9. The molecule has 0 spiro atoms. The van der Waals surface area contributed by atoms with E-state index in [1.165, 1.54) is 36.3 Å². The number of quaternary nitrogens is 1. The lowest BCUT2D eigenvalue weighted by Crippen LogP contribution is -3.14. The summed E-state index contributed by atoms with van der Waals surface area (Å²) in [5.74, 6) is 0.0127. The number of likely N-dealkylation sites (tertiary alicyclic amines) is 1. The van der Waals surface area contributed by atoms with Crippen LogP contribution < -0.4 is 10.6 Å². The van der Waals surface area contributed by atoms with E-state index < -0.39 is 0 Å². The molecule has 0 unspecified atom stereocenters. The van der Waals surface area contributed by atoms with Crippen LogP contribution in [0.2, 0.25) is 0 Å². The molecule has 1 aliphatic heterocycles. The highest BCUT2D eigenvalue weighted by molar-refractivity contribution is 5.98. The van der Waals surface area contributed by atoms with Crippen LogP contribution in [0, 0.1) is 19.8 Å². The topological polar surface area (TPSA) is 69.5 Å². The van der Waals surface area contributed by atoms with Crippen molar-refractivity contribution in [2.75, 3.05) is 19.6 Å². The van der Waals surface area contributed by atoms with Crippen molar-refractivity contribution in [3.05, 3.63) is 34.7 Å². The first-order valence-electron chi connectivity index (χ1n) is 10.5. The van der Waals surface area contributed by atoms with E-state index in [0.29, 0.717) is 6.54 Å². The van der Waals surface area contributed by atoms with Crippen LogP contribution >= 0.6 is 0 Å². The van der Waals surface area contributed by atoms with Gasteiger partial charge in [0.2, 0.25) is 11.7 Å². The van der Waals surface area contributed by atoms with Crippen molar-refractivity contribution < 1.29 is 14.5 Å². The number of aromatic nitrogens is 1. The number of aryl methyl sites for hydroxylation is 1. The van der Waals surface area contributed by atoms with Crippen LogP contribution in [-0.2, 0) is 11.3 Å². The van der Waals surface area contributed by atoms with Crippen molar-refractivity contribution >= 4 is 11.7 Å². The summed E-state index contributed by atoms with van der Waals surface area (Å²) in [4.78, 5) is 25.5. The van der Waals surface area contributed by atoms with E-state index in [-0.39, 0.29) is 17.6 Å². The highest BCUT2D eigenvalue weighted by atomic mass is 16.1. The van der Waals surface area contributed by atoms with Gasteiger partial charge in [-0.15, -0.1) is 0 Å². The molecule has 0 atom stereocenters. The molecule has 1 fully saturated rings. The molecule has 2 aliphatic rings. The molecule has 1 aromatic rings. The second-order valence-corrected chi connectivity index (χ2v) is 8.32. The molecule has 0 bridgehead atoms. The minimum absolute atomic E-state index is 0.0111. The molecule has 3 N–H and O–H groups in total. The molecule has 0 saturated carbocycles. The van der Waals surface area contributed by atoms with E-state index in [2.05, 4.69) is 30.6 Å². The molecule has 148 valence electrons. The molecule has 1 amide bonds. The summed E-state index contributed by atoms with van der Waals surface area (Å²) in [5, 5.41) is 0. The molecule has 1 aliphatic carbocycles. The summed E-state index contributed by atoms with van der Waals surface area (Å²) < 4.78 is 2.30. The maximum atomic E-state index is 12.9. The fourth-order valence-corrected chi connectivity index (χ4v) is 4.62. The van der Waals surface area contributed by atoms with Gasteiger partial charge < -0.3 is 15.2 Å². The second-order valence-electron chi connectivity index (χ2n) is 8.32. The Hall–Kier alpha value is -1.88. The number of nitrogens with zero attached hydrogens (tertiary/aromatic N) is 1. The van der Waals surface area contributed by atoms with Gasteiger partial charge in [0, 0.05) is 42.3 Å². The number of hydrogen-bond acceptors (Lipinski definition) is 2. The highest BCUT2D eigenvalue weighted by Crippen LogP contribution is 2.23. The Morgan fingerprint density at radius 1 is 1.22 bits per heavy atom. The number of Topliss-reactive ketones (excluding diaryl/α,β-unsaturated/α-hetero) is 1. The Morgan fingerprint density at radius 3 is 2.59 bits per heavy atom. The first-order chi connectivity index (χ1) is 13.0. The number of nitrogens with two attached hydrogens (primary N) is 1. The maximum absolute atomic E-state index is 12.9. The molecule has 5 nitrogen and oxygen atoms in total. The van der Waals surface area contributed by atoms with E-state index >= 15 is 0 Å². The van der Waals surface area contributed by atoms with Crippen molar-refractivity contribution in [3.63, 3.8) is 0 Å². The van der Waals surface area contributed by atoms with Gasteiger partial charge in [-0.3, -0.25) is 9.59 Å². The number of carbonyl (C=O) groups is 2. The minimum Gasteiger partial charge on any atom is -0.369 e. The second kappa shape index (κ2) is 8.87.